The zero-order valence-electron chi connectivity index (χ0n) is 14.3. The van der Waals surface area contributed by atoms with Gasteiger partial charge in [0, 0.05) is 22.8 Å². The van der Waals surface area contributed by atoms with Gasteiger partial charge in [0.2, 0.25) is 5.91 Å². The summed E-state index contributed by atoms with van der Waals surface area (Å²) in [5.74, 6) is 1.64. The van der Waals surface area contributed by atoms with Gasteiger partial charge in [0.25, 0.3) is 0 Å². The molecule has 0 bridgehead atoms. The van der Waals surface area contributed by atoms with Crippen LogP contribution in [0.4, 0.5) is 5.69 Å². The number of aromatic nitrogens is 3. The maximum atomic E-state index is 12.1. The van der Waals surface area contributed by atoms with Gasteiger partial charge in [0.05, 0.1) is 12.9 Å². The molecule has 0 radical (unpaired) electrons. The van der Waals surface area contributed by atoms with Gasteiger partial charge in [0.1, 0.15) is 5.75 Å². The van der Waals surface area contributed by atoms with Crippen LogP contribution in [0, 0.1) is 0 Å². The van der Waals surface area contributed by atoms with Gasteiger partial charge >= 0.3 is 0 Å². The summed E-state index contributed by atoms with van der Waals surface area (Å²) in [6.45, 7) is 0. The molecule has 3 rings (SSSR count). The minimum absolute atomic E-state index is 0.0942. The van der Waals surface area contributed by atoms with Crippen molar-refractivity contribution in [2.75, 3.05) is 18.2 Å². The SMILES string of the molecule is COc1cccc(-c2nnc(SCC(=O)Nc3ccc(Br)cc3)n2C)c1. The Hall–Kier alpha value is -2.32. The number of nitrogens with zero attached hydrogens (tertiary/aromatic N) is 3. The molecule has 0 unspecified atom stereocenters. The molecule has 1 aromatic heterocycles. The molecule has 0 aliphatic rings. The van der Waals surface area contributed by atoms with E-state index in [2.05, 4.69) is 31.4 Å². The third-order valence-electron chi connectivity index (χ3n) is 3.62. The van der Waals surface area contributed by atoms with Crippen molar-refractivity contribution in [1.82, 2.24) is 14.8 Å². The lowest BCUT2D eigenvalue weighted by atomic mass is 10.2. The Balaban J connectivity index is 1.64. The first-order valence-electron chi connectivity index (χ1n) is 7.79. The lowest BCUT2D eigenvalue weighted by molar-refractivity contribution is -0.113. The molecule has 26 heavy (non-hydrogen) atoms. The van der Waals surface area contributed by atoms with Crippen LogP contribution in [0.3, 0.4) is 0 Å². The molecular formula is C18H17BrN4O2S. The van der Waals surface area contributed by atoms with Crippen molar-refractivity contribution >= 4 is 39.3 Å². The summed E-state index contributed by atoms with van der Waals surface area (Å²) in [6.07, 6.45) is 0. The van der Waals surface area contributed by atoms with Gasteiger partial charge in [0.15, 0.2) is 11.0 Å². The lowest BCUT2D eigenvalue weighted by Crippen LogP contribution is -2.14. The summed E-state index contributed by atoms with van der Waals surface area (Å²) in [6, 6.07) is 15.1. The van der Waals surface area contributed by atoms with Gasteiger partial charge in [-0.25, -0.2) is 0 Å². The third kappa shape index (κ3) is 4.44. The molecule has 2 aromatic carbocycles. The minimum atomic E-state index is -0.0942. The average molecular weight is 433 g/mol. The summed E-state index contributed by atoms with van der Waals surface area (Å²) < 4.78 is 8.08. The zero-order valence-corrected chi connectivity index (χ0v) is 16.7. The lowest BCUT2D eigenvalue weighted by Gasteiger charge is -2.06. The predicted molar refractivity (Wildman–Crippen MR) is 106 cm³/mol. The van der Waals surface area contributed by atoms with E-state index >= 15 is 0 Å². The molecule has 6 nitrogen and oxygen atoms in total. The largest absolute Gasteiger partial charge is 0.497 e. The maximum absolute atomic E-state index is 12.1. The molecule has 0 aliphatic heterocycles. The molecular weight excluding hydrogens is 416 g/mol. The fourth-order valence-electron chi connectivity index (χ4n) is 2.31. The van der Waals surface area contributed by atoms with Crippen molar-refractivity contribution in [3.63, 3.8) is 0 Å². The molecule has 0 fully saturated rings. The smallest absolute Gasteiger partial charge is 0.234 e. The van der Waals surface area contributed by atoms with E-state index in [9.17, 15) is 4.79 Å². The highest BCUT2D eigenvalue weighted by Crippen LogP contribution is 2.25. The van der Waals surface area contributed by atoms with Crippen LogP contribution >= 0.6 is 27.7 Å². The van der Waals surface area contributed by atoms with E-state index in [-0.39, 0.29) is 11.7 Å². The average Bonchev–Trinajstić information content (AvgIpc) is 3.02. The maximum Gasteiger partial charge on any atom is 0.234 e. The molecule has 0 spiro atoms. The number of amides is 1. The molecule has 3 aromatic rings. The van der Waals surface area contributed by atoms with E-state index in [0.717, 1.165) is 27.3 Å². The number of carbonyl (C=O) groups excluding carboxylic acids is 1. The fourth-order valence-corrected chi connectivity index (χ4v) is 3.29. The molecule has 0 aliphatic carbocycles. The fraction of sp³-hybridized carbons (Fsp3) is 0.167. The Morgan fingerprint density at radius 2 is 2.00 bits per heavy atom. The van der Waals surface area contributed by atoms with E-state index < -0.39 is 0 Å². The highest BCUT2D eigenvalue weighted by molar-refractivity contribution is 9.10. The van der Waals surface area contributed by atoms with Crippen LogP contribution in [0.1, 0.15) is 0 Å². The first-order valence-corrected chi connectivity index (χ1v) is 9.56. The summed E-state index contributed by atoms with van der Waals surface area (Å²) in [4.78, 5) is 12.1. The Labute approximate surface area is 164 Å². The van der Waals surface area contributed by atoms with Crippen molar-refractivity contribution in [3.8, 4) is 17.1 Å². The van der Waals surface area contributed by atoms with Gasteiger partial charge in [-0.05, 0) is 36.4 Å². The normalized spacial score (nSPS) is 10.6. The van der Waals surface area contributed by atoms with Crippen LogP contribution in [0.5, 0.6) is 5.75 Å². The topological polar surface area (TPSA) is 69.0 Å². The van der Waals surface area contributed by atoms with E-state index in [1.54, 1.807) is 7.11 Å². The van der Waals surface area contributed by atoms with E-state index in [4.69, 9.17) is 4.74 Å². The van der Waals surface area contributed by atoms with E-state index in [0.29, 0.717) is 5.16 Å². The Kier molecular flexibility index (Phi) is 5.95. The molecule has 0 atom stereocenters. The summed E-state index contributed by atoms with van der Waals surface area (Å²) in [5, 5.41) is 12.0. The second-order valence-corrected chi connectivity index (χ2v) is 7.30. The Bertz CT molecular complexity index is 912. The number of thioether (sulfide) groups is 1. The van der Waals surface area contributed by atoms with Gasteiger partial charge in [-0.2, -0.15) is 0 Å². The number of nitrogens with one attached hydrogen (secondary N) is 1. The van der Waals surface area contributed by atoms with Crippen molar-refractivity contribution in [3.05, 3.63) is 53.0 Å². The quantitative estimate of drug-likeness (QED) is 0.596. The third-order valence-corrected chi connectivity index (χ3v) is 5.17. The predicted octanol–water partition coefficient (Wildman–Crippen LogP) is 3.98. The number of methoxy groups -OCH3 is 1. The highest BCUT2D eigenvalue weighted by atomic mass is 79.9. The van der Waals surface area contributed by atoms with Crippen LogP contribution in [-0.4, -0.2) is 33.5 Å². The summed E-state index contributed by atoms with van der Waals surface area (Å²) in [5.41, 5.74) is 1.67. The van der Waals surface area contributed by atoms with Crippen LogP contribution in [-0.2, 0) is 11.8 Å². The van der Waals surface area contributed by atoms with Gasteiger partial charge in [-0.15, -0.1) is 10.2 Å². The number of carbonyl (C=O) groups is 1. The number of ether oxygens (including phenoxy) is 1. The van der Waals surface area contributed by atoms with Crippen molar-refractivity contribution in [2.24, 2.45) is 7.05 Å². The van der Waals surface area contributed by atoms with Crippen LogP contribution in [0.2, 0.25) is 0 Å². The van der Waals surface area contributed by atoms with E-state index in [1.165, 1.54) is 11.8 Å². The van der Waals surface area contributed by atoms with Gasteiger partial charge in [-0.1, -0.05) is 39.8 Å². The molecule has 1 heterocycles. The monoisotopic (exact) mass is 432 g/mol. The van der Waals surface area contributed by atoms with Crippen molar-refractivity contribution in [2.45, 2.75) is 5.16 Å². The first kappa shape index (κ1) is 18.5. The van der Waals surface area contributed by atoms with Crippen LogP contribution in [0.15, 0.2) is 58.2 Å². The second-order valence-electron chi connectivity index (χ2n) is 5.44. The molecule has 0 saturated carbocycles. The Morgan fingerprint density at radius 1 is 1.23 bits per heavy atom. The molecule has 134 valence electrons. The standard InChI is InChI=1S/C18H17BrN4O2S/c1-23-17(12-4-3-5-15(10-12)25-2)21-22-18(23)26-11-16(24)20-14-8-6-13(19)7-9-14/h3-10H,11H2,1-2H3,(H,20,24). The number of rotatable bonds is 6. The van der Waals surface area contributed by atoms with Gasteiger partial charge in [-0.3, -0.25) is 4.79 Å². The molecule has 1 N–H and O–H groups in total. The van der Waals surface area contributed by atoms with Crippen LogP contribution in [0.25, 0.3) is 11.4 Å². The van der Waals surface area contributed by atoms with E-state index in [1.807, 2.05) is 60.1 Å². The number of hydrogen-bond acceptors (Lipinski definition) is 5. The first-order chi connectivity index (χ1) is 12.6. The molecule has 0 saturated heterocycles. The molecule has 8 heteroatoms. The number of anilines is 1. The van der Waals surface area contributed by atoms with Crippen molar-refractivity contribution in [1.29, 1.82) is 0 Å². The van der Waals surface area contributed by atoms with Gasteiger partial charge < -0.3 is 14.6 Å². The number of benzene rings is 2. The zero-order chi connectivity index (χ0) is 18.5. The summed E-state index contributed by atoms with van der Waals surface area (Å²) in [7, 11) is 3.50. The Morgan fingerprint density at radius 3 is 2.73 bits per heavy atom. The summed E-state index contributed by atoms with van der Waals surface area (Å²) >= 11 is 4.71. The van der Waals surface area contributed by atoms with Crippen LogP contribution < -0.4 is 10.1 Å². The molecule has 1 amide bonds. The highest BCUT2D eigenvalue weighted by Gasteiger charge is 2.13. The number of halogens is 1. The number of hydrogen-bond donors (Lipinski definition) is 1. The minimum Gasteiger partial charge on any atom is -0.497 e. The van der Waals surface area contributed by atoms with Crippen molar-refractivity contribution < 1.29 is 9.53 Å². The second kappa shape index (κ2) is 8.37.